The number of ether oxygens (including phenoxy) is 1. The van der Waals surface area contributed by atoms with E-state index in [0.717, 1.165) is 49.9 Å². The fraction of sp³-hybridized carbons (Fsp3) is 0.365. The van der Waals surface area contributed by atoms with Crippen molar-refractivity contribution in [3.8, 4) is 33.4 Å². The second-order valence-electron chi connectivity index (χ2n) is 18.8. The maximum Gasteiger partial charge on any atom is 0.417 e. The minimum absolute atomic E-state index is 0.00747. The van der Waals surface area contributed by atoms with Crippen molar-refractivity contribution in [2.24, 2.45) is 5.41 Å². The molecular formula is C52H54F3N7O5S2. The van der Waals surface area contributed by atoms with Crippen LogP contribution in [-0.2, 0) is 31.9 Å². The number of halogens is 3. The summed E-state index contributed by atoms with van der Waals surface area (Å²) in [4.78, 5) is 64.0. The molecule has 17 heteroatoms. The molecule has 2 aliphatic rings. The van der Waals surface area contributed by atoms with E-state index >= 15 is 0 Å². The van der Waals surface area contributed by atoms with E-state index in [-0.39, 0.29) is 34.9 Å². The maximum atomic E-state index is 14.0. The average Bonchev–Trinajstić information content (AvgIpc) is 4.03. The van der Waals surface area contributed by atoms with Crippen molar-refractivity contribution >= 4 is 63.7 Å². The normalized spacial score (nSPS) is 16.3. The first-order valence-electron chi connectivity index (χ1n) is 22.7. The minimum Gasteiger partial charge on any atom is -0.494 e. The van der Waals surface area contributed by atoms with Crippen LogP contribution in [0, 0.1) is 23.7 Å². The molecular weight excluding hydrogens is 924 g/mol. The summed E-state index contributed by atoms with van der Waals surface area (Å²) >= 11 is 7.26. The van der Waals surface area contributed by atoms with Gasteiger partial charge in [-0.3, -0.25) is 24.1 Å². The molecule has 1 unspecified atom stereocenters. The van der Waals surface area contributed by atoms with E-state index in [1.165, 1.54) is 6.07 Å². The fourth-order valence-corrected chi connectivity index (χ4v) is 9.93. The number of nitrogens with zero attached hydrogens (tertiary/aromatic N) is 5. The Morgan fingerprint density at radius 2 is 1.58 bits per heavy atom. The number of carbonyl (C=O) groups excluding carboxylic acids is 4. The zero-order valence-corrected chi connectivity index (χ0v) is 40.9. The molecule has 3 heterocycles. The number of anilines is 2. The molecule has 4 amide bonds. The van der Waals surface area contributed by atoms with E-state index in [4.69, 9.17) is 17.0 Å². The monoisotopic (exact) mass is 977 g/mol. The molecule has 2 fully saturated rings. The molecule has 2 aliphatic heterocycles. The standard InChI is InChI=1S/C52H54F3N7O5S2/c1-32-44(69-31-58-32)36-14-12-33(13-15-36)30-57-46(64)42-10-9-26-60(42)47(65)45(50(2,3)4)59-43(63)11-7-8-27-67-40-24-19-35(20-25-40)34-16-21-38(22-17-34)62-49(68)61(48(66)51(62,5)6)39-23-18-37(29-56)41(28-39)52(53,54)55/h12-25,28,31,42,45H,7-11,26-27,30H2,1-6H3,(H,57,64)(H,59,63)/t42-,45?/m0/s1. The zero-order valence-electron chi connectivity index (χ0n) is 39.3. The molecule has 0 bridgehead atoms. The minimum atomic E-state index is -4.80. The Morgan fingerprint density at radius 1 is 0.942 bits per heavy atom. The van der Waals surface area contributed by atoms with Crippen LogP contribution in [0.25, 0.3) is 21.6 Å². The van der Waals surface area contributed by atoms with Gasteiger partial charge in [0, 0.05) is 25.2 Å². The molecule has 5 aromatic rings. The van der Waals surface area contributed by atoms with Crippen LogP contribution >= 0.6 is 23.6 Å². The van der Waals surface area contributed by atoms with Gasteiger partial charge in [0.25, 0.3) is 5.91 Å². The summed E-state index contributed by atoms with van der Waals surface area (Å²) in [5, 5.41) is 15.2. The summed E-state index contributed by atoms with van der Waals surface area (Å²) in [6.45, 7) is 12.1. The van der Waals surface area contributed by atoms with Gasteiger partial charge in [0.2, 0.25) is 17.7 Å². The van der Waals surface area contributed by atoms with Crippen molar-refractivity contribution < 1.29 is 37.1 Å². The van der Waals surface area contributed by atoms with Crippen molar-refractivity contribution in [3.05, 3.63) is 119 Å². The zero-order chi connectivity index (χ0) is 49.8. The molecule has 0 radical (unpaired) electrons. The summed E-state index contributed by atoms with van der Waals surface area (Å²) in [7, 11) is 0. The number of thiazole rings is 1. The van der Waals surface area contributed by atoms with Crippen LogP contribution in [0.3, 0.4) is 0 Å². The molecule has 69 heavy (non-hydrogen) atoms. The van der Waals surface area contributed by atoms with Gasteiger partial charge in [0.05, 0.1) is 45.6 Å². The average molecular weight is 978 g/mol. The van der Waals surface area contributed by atoms with E-state index in [9.17, 15) is 37.6 Å². The molecule has 12 nitrogen and oxygen atoms in total. The van der Waals surface area contributed by atoms with Crippen LogP contribution in [0.1, 0.15) is 89.1 Å². The molecule has 7 rings (SSSR count). The van der Waals surface area contributed by atoms with Crippen LogP contribution in [0.2, 0.25) is 0 Å². The molecule has 360 valence electrons. The number of hydrogen-bond acceptors (Lipinski definition) is 9. The third-order valence-electron chi connectivity index (χ3n) is 12.4. The second kappa shape index (κ2) is 20.5. The number of hydrogen-bond donors (Lipinski definition) is 2. The third-order valence-corrected chi connectivity index (χ3v) is 13.8. The summed E-state index contributed by atoms with van der Waals surface area (Å²) in [5.41, 5.74) is 3.53. The number of aromatic nitrogens is 1. The first-order valence-corrected chi connectivity index (χ1v) is 24.0. The van der Waals surface area contributed by atoms with Gasteiger partial charge in [-0.25, -0.2) is 4.98 Å². The molecule has 2 N–H and O–H groups in total. The molecule has 0 saturated carbocycles. The highest BCUT2D eigenvalue weighted by atomic mass is 32.1. The first-order chi connectivity index (χ1) is 32.7. The van der Waals surface area contributed by atoms with Crippen molar-refractivity contribution in [1.82, 2.24) is 20.5 Å². The number of nitriles is 1. The number of likely N-dealkylation sites (tertiary alicyclic amines) is 1. The lowest BCUT2D eigenvalue weighted by Gasteiger charge is -2.35. The molecule has 4 aromatic carbocycles. The predicted molar refractivity (Wildman–Crippen MR) is 264 cm³/mol. The Labute approximate surface area is 409 Å². The van der Waals surface area contributed by atoms with Crippen LogP contribution in [0.15, 0.2) is 96.5 Å². The predicted octanol–water partition coefficient (Wildman–Crippen LogP) is 9.98. The van der Waals surface area contributed by atoms with Gasteiger partial charge in [0.1, 0.15) is 23.4 Å². The lowest BCUT2D eigenvalue weighted by Crippen LogP contribution is -2.57. The third kappa shape index (κ3) is 11.1. The largest absolute Gasteiger partial charge is 0.494 e. The van der Waals surface area contributed by atoms with Gasteiger partial charge in [-0.05, 0) is 129 Å². The fourth-order valence-electron chi connectivity index (χ4n) is 8.59. The Hall–Kier alpha value is -6.64. The van der Waals surface area contributed by atoms with Gasteiger partial charge in [0.15, 0.2) is 5.11 Å². The summed E-state index contributed by atoms with van der Waals surface area (Å²) in [6, 6.07) is 26.0. The Morgan fingerprint density at radius 3 is 2.19 bits per heavy atom. The van der Waals surface area contributed by atoms with Crippen molar-refractivity contribution in [2.45, 2.75) is 104 Å². The highest BCUT2D eigenvalue weighted by molar-refractivity contribution is 7.81. The van der Waals surface area contributed by atoms with Crippen LogP contribution < -0.4 is 25.2 Å². The smallest absolute Gasteiger partial charge is 0.417 e. The number of rotatable bonds is 15. The van der Waals surface area contributed by atoms with E-state index in [1.807, 2.05) is 93.9 Å². The molecule has 0 aliphatic carbocycles. The van der Waals surface area contributed by atoms with E-state index in [1.54, 1.807) is 53.2 Å². The topological polar surface area (TPSA) is 148 Å². The second-order valence-corrected chi connectivity index (χ2v) is 20.0. The van der Waals surface area contributed by atoms with Crippen molar-refractivity contribution in [3.63, 3.8) is 0 Å². The van der Waals surface area contributed by atoms with Gasteiger partial charge in [-0.15, -0.1) is 11.3 Å². The molecule has 0 spiro atoms. The van der Waals surface area contributed by atoms with Crippen LogP contribution in [0.4, 0.5) is 24.5 Å². The number of nitrogens with one attached hydrogen (secondary N) is 2. The first kappa shape index (κ1) is 50.2. The molecule has 1 aromatic heterocycles. The van der Waals surface area contributed by atoms with Gasteiger partial charge < -0.3 is 25.2 Å². The number of amides is 4. The van der Waals surface area contributed by atoms with Crippen LogP contribution in [0.5, 0.6) is 5.75 Å². The molecule has 2 atom stereocenters. The lowest BCUT2D eigenvalue weighted by atomic mass is 9.85. The number of benzene rings is 4. The number of carbonyl (C=O) groups is 4. The Bertz CT molecular complexity index is 2760. The maximum absolute atomic E-state index is 14.0. The highest BCUT2D eigenvalue weighted by Crippen LogP contribution is 2.40. The summed E-state index contributed by atoms with van der Waals surface area (Å²) in [5.74, 6) is -0.602. The number of aryl methyl sites for hydroxylation is 1. The summed E-state index contributed by atoms with van der Waals surface area (Å²) in [6.07, 6.45) is -2.24. The quantitative estimate of drug-likeness (QED) is 0.0773. The van der Waals surface area contributed by atoms with Gasteiger partial charge >= 0.3 is 6.18 Å². The summed E-state index contributed by atoms with van der Waals surface area (Å²) < 4.78 is 47.3. The van der Waals surface area contributed by atoms with Crippen molar-refractivity contribution in [2.75, 3.05) is 23.0 Å². The molecule has 2 saturated heterocycles. The van der Waals surface area contributed by atoms with E-state index < -0.39 is 46.2 Å². The number of alkyl halides is 3. The van der Waals surface area contributed by atoms with Crippen molar-refractivity contribution in [1.29, 1.82) is 5.26 Å². The lowest BCUT2D eigenvalue weighted by molar-refractivity contribution is -0.144. The van der Waals surface area contributed by atoms with Gasteiger partial charge in [-0.1, -0.05) is 69.3 Å². The highest BCUT2D eigenvalue weighted by Gasteiger charge is 2.51. The van der Waals surface area contributed by atoms with Crippen LogP contribution in [-0.4, -0.2) is 69.4 Å². The Kier molecular flexibility index (Phi) is 14.9. The number of thiocarbonyl (C=S) groups is 1. The van der Waals surface area contributed by atoms with E-state index in [0.29, 0.717) is 56.8 Å². The Balaban J connectivity index is 0.872. The van der Waals surface area contributed by atoms with E-state index in [2.05, 4.69) is 15.6 Å². The SMILES string of the molecule is Cc1ncsc1-c1ccc(CNC(=O)[C@@H]2CCCN2C(=O)C(NC(=O)CCCCOc2ccc(-c3ccc(N4C(=S)N(c5ccc(C#N)c(C(F)(F)F)c5)C(=O)C4(C)C)cc3)cc2)C(C)(C)C)cc1. The number of unbranched alkanes of at least 4 members (excludes halogenated alkanes) is 1. The van der Waals surface area contributed by atoms with Gasteiger partial charge in [-0.2, -0.15) is 18.4 Å².